The minimum absolute atomic E-state index is 0.461. The lowest BCUT2D eigenvalue weighted by molar-refractivity contribution is 0.416. The van der Waals surface area contributed by atoms with Crippen molar-refractivity contribution in [3.63, 3.8) is 0 Å². The number of para-hydroxylation sites is 1. The van der Waals surface area contributed by atoms with E-state index in [1.54, 1.807) is 25.7 Å². The molecule has 0 fully saturated rings. The molecule has 0 saturated carbocycles. The van der Waals surface area contributed by atoms with Crippen LogP contribution in [0, 0.1) is 0 Å². The highest BCUT2D eigenvalue weighted by Crippen LogP contribution is 2.29. The van der Waals surface area contributed by atoms with E-state index in [1.165, 1.54) is 4.80 Å². The summed E-state index contributed by atoms with van der Waals surface area (Å²) < 4.78 is 5.42. The summed E-state index contributed by atoms with van der Waals surface area (Å²) >= 11 is 0. The van der Waals surface area contributed by atoms with Gasteiger partial charge in [0.25, 0.3) is 0 Å². The smallest absolute Gasteiger partial charge is 0.223 e. The second-order valence-corrected chi connectivity index (χ2v) is 5.25. The number of pyridine rings is 2. The van der Waals surface area contributed by atoms with Gasteiger partial charge in [0.15, 0.2) is 0 Å². The van der Waals surface area contributed by atoms with Crippen molar-refractivity contribution in [2.24, 2.45) is 0 Å². The largest absolute Gasteiger partial charge is 0.496 e. The maximum atomic E-state index is 5.42. The van der Waals surface area contributed by atoms with Gasteiger partial charge >= 0.3 is 0 Å². The van der Waals surface area contributed by atoms with Gasteiger partial charge in [-0.05, 0) is 29.5 Å². The number of nitrogens with zero attached hydrogens (tertiary/aromatic N) is 6. The number of benzene rings is 1. The Balaban J connectivity index is 1.72. The Morgan fingerprint density at radius 1 is 1.00 bits per heavy atom. The van der Waals surface area contributed by atoms with Crippen molar-refractivity contribution in [3.05, 3.63) is 67.1 Å². The lowest BCUT2D eigenvalue weighted by Crippen LogP contribution is -2.00. The molecule has 0 N–H and O–H groups in total. The van der Waals surface area contributed by atoms with E-state index in [2.05, 4.69) is 25.4 Å². The summed E-state index contributed by atoms with van der Waals surface area (Å²) in [6.45, 7) is 0. The first kappa shape index (κ1) is 14.9. The molecule has 0 spiro atoms. The van der Waals surface area contributed by atoms with Crippen molar-refractivity contribution in [1.29, 1.82) is 0 Å². The zero-order valence-corrected chi connectivity index (χ0v) is 13.4. The minimum Gasteiger partial charge on any atom is -0.496 e. The van der Waals surface area contributed by atoms with Crippen LogP contribution in [0.3, 0.4) is 0 Å². The molecule has 3 aromatic heterocycles. The Bertz CT molecular complexity index is 999. The first-order valence-corrected chi connectivity index (χ1v) is 7.65. The first-order valence-electron chi connectivity index (χ1n) is 7.65. The van der Waals surface area contributed by atoms with Crippen LogP contribution in [0.1, 0.15) is 0 Å². The number of hydrogen-bond donors (Lipinski definition) is 0. The molecule has 1 aromatic carbocycles. The van der Waals surface area contributed by atoms with Crippen LogP contribution < -0.4 is 4.74 Å². The lowest BCUT2D eigenvalue weighted by Gasteiger charge is -2.08. The van der Waals surface area contributed by atoms with Crippen molar-refractivity contribution in [2.75, 3.05) is 7.11 Å². The second-order valence-electron chi connectivity index (χ2n) is 5.25. The predicted molar refractivity (Wildman–Crippen MR) is 92.2 cm³/mol. The molecule has 0 aliphatic carbocycles. The van der Waals surface area contributed by atoms with Crippen molar-refractivity contribution < 1.29 is 4.74 Å². The van der Waals surface area contributed by atoms with Crippen LogP contribution in [0.4, 0.5) is 0 Å². The molecular weight excluding hydrogens is 316 g/mol. The summed E-state index contributed by atoms with van der Waals surface area (Å²) in [5, 5.41) is 12.6. The van der Waals surface area contributed by atoms with Crippen LogP contribution >= 0.6 is 0 Å². The third-order valence-corrected chi connectivity index (χ3v) is 3.68. The van der Waals surface area contributed by atoms with Crippen LogP contribution in [0.25, 0.3) is 28.3 Å². The van der Waals surface area contributed by atoms with Gasteiger partial charge in [0.1, 0.15) is 17.1 Å². The molecule has 0 aliphatic heterocycles. The fourth-order valence-corrected chi connectivity index (χ4v) is 2.49. The third-order valence-electron chi connectivity index (χ3n) is 3.68. The minimum atomic E-state index is 0.461. The van der Waals surface area contributed by atoms with Crippen molar-refractivity contribution in [1.82, 2.24) is 30.2 Å². The molecule has 0 radical (unpaired) electrons. The van der Waals surface area contributed by atoms with E-state index in [-0.39, 0.29) is 0 Å². The molecule has 122 valence electrons. The van der Waals surface area contributed by atoms with Gasteiger partial charge in [-0.1, -0.05) is 24.3 Å². The highest BCUT2D eigenvalue weighted by atomic mass is 16.5. The third kappa shape index (κ3) is 2.94. The zero-order valence-electron chi connectivity index (χ0n) is 13.4. The van der Waals surface area contributed by atoms with Gasteiger partial charge in [-0.15, -0.1) is 15.0 Å². The molecule has 25 heavy (non-hydrogen) atoms. The van der Waals surface area contributed by atoms with E-state index in [4.69, 9.17) is 4.74 Å². The van der Waals surface area contributed by atoms with Gasteiger partial charge in [-0.25, -0.2) is 0 Å². The van der Waals surface area contributed by atoms with Crippen LogP contribution in [-0.2, 0) is 0 Å². The maximum Gasteiger partial charge on any atom is 0.223 e. The topological polar surface area (TPSA) is 78.6 Å². The molecule has 4 rings (SSSR count). The van der Waals surface area contributed by atoms with Crippen molar-refractivity contribution >= 4 is 0 Å². The second kappa shape index (κ2) is 6.48. The van der Waals surface area contributed by atoms with Gasteiger partial charge in [-0.3, -0.25) is 9.97 Å². The van der Waals surface area contributed by atoms with E-state index < -0.39 is 0 Å². The summed E-state index contributed by atoms with van der Waals surface area (Å²) in [6, 6.07) is 15.3. The standard InChI is InChI=1S/C18H14N6O/c1-25-17-8-3-2-6-15(17)13-10-14(12-19-11-13)24-22-18(21-23-24)16-7-4-5-9-20-16/h2-12H,1H3. The molecule has 0 atom stereocenters. The summed E-state index contributed by atoms with van der Waals surface area (Å²) in [5.74, 6) is 1.24. The average molecular weight is 330 g/mol. The molecule has 7 heteroatoms. The van der Waals surface area contributed by atoms with Crippen LogP contribution in [0.5, 0.6) is 5.75 Å². The Labute approximate surface area is 144 Å². The number of hydrogen-bond acceptors (Lipinski definition) is 6. The SMILES string of the molecule is COc1ccccc1-c1cncc(-n2nnc(-c3ccccn3)n2)c1. The molecule has 0 bridgehead atoms. The highest BCUT2D eigenvalue weighted by Gasteiger charge is 2.11. The molecule has 0 amide bonds. The Hall–Kier alpha value is -3.61. The average Bonchev–Trinajstić information content (AvgIpc) is 3.19. The predicted octanol–water partition coefficient (Wildman–Crippen LogP) is 2.79. The Morgan fingerprint density at radius 2 is 1.88 bits per heavy atom. The summed E-state index contributed by atoms with van der Waals surface area (Å²) in [5.41, 5.74) is 3.23. The van der Waals surface area contributed by atoms with Crippen molar-refractivity contribution in [3.8, 4) is 34.1 Å². The maximum absolute atomic E-state index is 5.42. The summed E-state index contributed by atoms with van der Waals surface area (Å²) in [4.78, 5) is 9.97. The molecule has 0 aliphatic rings. The summed E-state index contributed by atoms with van der Waals surface area (Å²) in [6.07, 6.45) is 5.15. The number of tetrazole rings is 1. The molecule has 0 unspecified atom stereocenters. The quantitative estimate of drug-likeness (QED) is 0.572. The van der Waals surface area contributed by atoms with E-state index in [0.29, 0.717) is 17.2 Å². The Kier molecular flexibility index (Phi) is 3.88. The van der Waals surface area contributed by atoms with Crippen LogP contribution in [0.2, 0.25) is 0 Å². The lowest BCUT2D eigenvalue weighted by atomic mass is 10.1. The number of aromatic nitrogens is 6. The van der Waals surface area contributed by atoms with Gasteiger partial charge in [0, 0.05) is 23.5 Å². The van der Waals surface area contributed by atoms with E-state index in [0.717, 1.165) is 16.9 Å². The molecule has 7 nitrogen and oxygen atoms in total. The van der Waals surface area contributed by atoms with Gasteiger partial charge in [-0.2, -0.15) is 0 Å². The van der Waals surface area contributed by atoms with Gasteiger partial charge in [0.2, 0.25) is 5.82 Å². The number of rotatable bonds is 4. The van der Waals surface area contributed by atoms with E-state index in [1.807, 2.05) is 48.5 Å². The van der Waals surface area contributed by atoms with Crippen LogP contribution in [-0.4, -0.2) is 37.3 Å². The number of ether oxygens (including phenoxy) is 1. The monoisotopic (exact) mass is 330 g/mol. The van der Waals surface area contributed by atoms with Gasteiger partial charge in [0.05, 0.1) is 13.3 Å². The molecule has 0 saturated heterocycles. The zero-order chi connectivity index (χ0) is 17.1. The Morgan fingerprint density at radius 3 is 2.72 bits per heavy atom. The summed E-state index contributed by atoms with van der Waals surface area (Å²) in [7, 11) is 1.65. The fraction of sp³-hybridized carbons (Fsp3) is 0.0556. The fourth-order valence-electron chi connectivity index (χ4n) is 2.49. The van der Waals surface area contributed by atoms with Gasteiger partial charge < -0.3 is 4.74 Å². The van der Waals surface area contributed by atoms with E-state index >= 15 is 0 Å². The molecule has 4 aromatic rings. The molecular formula is C18H14N6O. The van der Waals surface area contributed by atoms with Crippen molar-refractivity contribution in [2.45, 2.75) is 0 Å². The number of methoxy groups -OCH3 is 1. The van der Waals surface area contributed by atoms with Crippen LogP contribution in [0.15, 0.2) is 67.1 Å². The van der Waals surface area contributed by atoms with E-state index in [9.17, 15) is 0 Å². The first-order chi connectivity index (χ1) is 12.3. The highest BCUT2D eigenvalue weighted by molar-refractivity contribution is 5.71. The normalized spacial score (nSPS) is 10.6. The molecule has 3 heterocycles.